The van der Waals surface area contributed by atoms with Crippen LogP contribution in [-0.2, 0) is 0 Å². The number of nitrogens with zero attached hydrogens (tertiary/aromatic N) is 1. The second-order valence-electron chi connectivity index (χ2n) is 6.21. The van der Waals surface area contributed by atoms with Gasteiger partial charge in [-0.1, -0.05) is 45.9 Å². The van der Waals surface area contributed by atoms with E-state index in [1.165, 1.54) is 10.9 Å². The van der Waals surface area contributed by atoms with Crippen LogP contribution in [0.15, 0.2) is 36.5 Å². The molecule has 19 heavy (non-hydrogen) atoms. The predicted octanol–water partition coefficient (Wildman–Crippen LogP) is 4.32. The smallest absolute Gasteiger partial charge is 0.0702 e. The van der Waals surface area contributed by atoms with Gasteiger partial charge < -0.3 is 5.32 Å². The molecule has 2 nitrogen and oxygen atoms in total. The first kappa shape index (κ1) is 14.0. The Morgan fingerprint density at radius 1 is 1.21 bits per heavy atom. The number of rotatable bonds is 4. The van der Waals surface area contributed by atoms with E-state index in [0.717, 1.165) is 18.5 Å². The molecular weight excluding hydrogens is 232 g/mol. The van der Waals surface area contributed by atoms with Gasteiger partial charge in [0.15, 0.2) is 0 Å². The van der Waals surface area contributed by atoms with E-state index in [2.05, 4.69) is 62.3 Å². The Morgan fingerprint density at radius 3 is 2.63 bits per heavy atom. The third kappa shape index (κ3) is 3.32. The van der Waals surface area contributed by atoms with Gasteiger partial charge in [0.2, 0.25) is 0 Å². The zero-order valence-corrected chi connectivity index (χ0v) is 12.4. The van der Waals surface area contributed by atoms with Gasteiger partial charge in [-0.15, -0.1) is 0 Å². The molecule has 0 bridgehead atoms. The van der Waals surface area contributed by atoms with Crippen molar-refractivity contribution in [2.75, 3.05) is 6.54 Å². The highest BCUT2D eigenvalue weighted by atomic mass is 14.9. The first-order chi connectivity index (χ1) is 9.02. The number of para-hydroxylation sites is 1. The van der Waals surface area contributed by atoms with E-state index in [1.807, 2.05) is 12.3 Å². The average molecular weight is 256 g/mol. The zero-order chi connectivity index (χ0) is 13.9. The van der Waals surface area contributed by atoms with Gasteiger partial charge in [-0.05, 0) is 36.1 Å². The van der Waals surface area contributed by atoms with Crippen molar-refractivity contribution < 1.29 is 0 Å². The minimum absolute atomic E-state index is 0.180. The van der Waals surface area contributed by atoms with Crippen molar-refractivity contribution >= 4 is 10.9 Å². The summed E-state index contributed by atoms with van der Waals surface area (Å²) < 4.78 is 0. The van der Waals surface area contributed by atoms with Crippen molar-refractivity contribution in [3.05, 3.63) is 42.1 Å². The second-order valence-corrected chi connectivity index (χ2v) is 6.21. The summed E-state index contributed by atoms with van der Waals surface area (Å²) in [6.45, 7) is 10.1. The van der Waals surface area contributed by atoms with Crippen molar-refractivity contribution in [3.63, 3.8) is 0 Å². The second kappa shape index (κ2) is 5.70. The first-order valence-corrected chi connectivity index (χ1v) is 7.10. The van der Waals surface area contributed by atoms with Gasteiger partial charge in [0.1, 0.15) is 0 Å². The van der Waals surface area contributed by atoms with E-state index >= 15 is 0 Å². The lowest BCUT2D eigenvalue weighted by molar-refractivity contribution is 0.273. The Kier molecular flexibility index (Phi) is 4.20. The normalized spacial score (nSPS) is 13.7. The number of benzene rings is 1. The average Bonchev–Trinajstić information content (AvgIpc) is 2.37. The van der Waals surface area contributed by atoms with Crippen LogP contribution in [0.25, 0.3) is 10.9 Å². The third-order valence-electron chi connectivity index (χ3n) is 3.41. The number of aromatic nitrogens is 1. The van der Waals surface area contributed by atoms with Gasteiger partial charge in [-0.3, -0.25) is 4.98 Å². The van der Waals surface area contributed by atoms with Crippen molar-refractivity contribution in [1.82, 2.24) is 10.3 Å². The van der Waals surface area contributed by atoms with Crippen LogP contribution in [-0.4, -0.2) is 11.5 Å². The molecule has 0 aliphatic rings. The van der Waals surface area contributed by atoms with Crippen molar-refractivity contribution in [2.24, 2.45) is 5.41 Å². The van der Waals surface area contributed by atoms with E-state index < -0.39 is 0 Å². The van der Waals surface area contributed by atoms with Gasteiger partial charge in [0.25, 0.3) is 0 Å². The van der Waals surface area contributed by atoms with Crippen LogP contribution in [0, 0.1) is 5.41 Å². The first-order valence-electron chi connectivity index (χ1n) is 7.10. The molecule has 2 rings (SSSR count). The molecule has 1 unspecified atom stereocenters. The summed E-state index contributed by atoms with van der Waals surface area (Å²) >= 11 is 0. The molecule has 0 saturated carbocycles. The fourth-order valence-corrected chi connectivity index (χ4v) is 2.46. The molecule has 2 heteroatoms. The van der Waals surface area contributed by atoms with E-state index in [-0.39, 0.29) is 5.41 Å². The van der Waals surface area contributed by atoms with Gasteiger partial charge in [0.05, 0.1) is 5.52 Å². The molecule has 1 N–H and O–H groups in total. The van der Waals surface area contributed by atoms with Gasteiger partial charge >= 0.3 is 0 Å². The Bertz CT molecular complexity index is 540. The summed E-state index contributed by atoms with van der Waals surface area (Å²) in [6.07, 6.45) is 3.16. The maximum absolute atomic E-state index is 4.58. The molecule has 1 atom stereocenters. The van der Waals surface area contributed by atoms with E-state index in [1.54, 1.807) is 0 Å². The largest absolute Gasteiger partial charge is 0.309 e. The van der Waals surface area contributed by atoms with Crippen molar-refractivity contribution in [2.45, 2.75) is 40.2 Å². The maximum Gasteiger partial charge on any atom is 0.0702 e. The number of hydrogen-bond donors (Lipinski definition) is 1. The molecule has 0 spiro atoms. The van der Waals surface area contributed by atoms with Gasteiger partial charge in [-0.25, -0.2) is 0 Å². The monoisotopic (exact) mass is 256 g/mol. The fourth-order valence-electron chi connectivity index (χ4n) is 2.46. The highest BCUT2D eigenvalue weighted by Gasteiger charge is 2.25. The molecule has 1 heterocycles. The Morgan fingerprint density at radius 2 is 1.95 bits per heavy atom. The summed E-state index contributed by atoms with van der Waals surface area (Å²) in [7, 11) is 0. The summed E-state index contributed by atoms with van der Waals surface area (Å²) in [4.78, 5) is 4.58. The molecular formula is C17H24N2. The number of hydrogen-bond acceptors (Lipinski definition) is 2. The van der Waals surface area contributed by atoms with Crippen molar-refractivity contribution in [3.8, 4) is 0 Å². The van der Waals surface area contributed by atoms with Crippen LogP contribution < -0.4 is 5.32 Å². The number of pyridine rings is 1. The molecule has 1 aromatic heterocycles. The molecule has 0 fully saturated rings. The molecule has 102 valence electrons. The van der Waals surface area contributed by atoms with E-state index in [9.17, 15) is 0 Å². The molecule has 0 amide bonds. The SMILES string of the molecule is CCCNC(c1cnc2ccccc2c1)C(C)(C)C. The standard InChI is InChI=1S/C17H24N2/c1-5-10-18-16(17(2,3)4)14-11-13-8-6-7-9-15(13)19-12-14/h6-9,11-12,16,18H,5,10H2,1-4H3. The quantitative estimate of drug-likeness (QED) is 0.881. The molecule has 0 aliphatic heterocycles. The Balaban J connectivity index is 2.38. The Hall–Kier alpha value is -1.41. The third-order valence-corrected chi connectivity index (χ3v) is 3.41. The van der Waals surface area contributed by atoms with Crippen LogP contribution in [0.5, 0.6) is 0 Å². The van der Waals surface area contributed by atoms with Gasteiger partial charge in [-0.2, -0.15) is 0 Å². The maximum atomic E-state index is 4.58. The predicted molar refractivity (Wildman–Crippen MR) is 82.2 cm³/mol. The molecule has 2 aromatic rings. The summed E-state index contributed by atoms with van der Waals surface area (Å²) in [5.41, 5.74) is 2.52. The van der Waals surface area contributed by atoms with Gasteiger partial charge in [0, 0.05) is 17.6 Å². The molecule has 0 aliphatic carbocycles. The highest BCUT2D eigenvalue weighted by Crippen LogP contribution is 2.33. The van der Waals surface area contributed by atoms with Crippen LogP contribution in [0.2, 0.25) is 0 Å². The topological polar surface area (TPSA) is 24.9 Å². The lowest BCUT2D eigenvalue weighted by Gasteiger charge is -2.32. The minimum Gasteiger partial charge on any atom is -0.309 e. The minimum atomic E-state index is 0.180. The van der Waals surface area contributed by atoms with Crippen LogP contribution in [0.1, 0.15) is 45.7 Å². The zero-order valence-electron chi connectivity index (χ0n) is 12.4. The van der Waals surface area contributed by atoms with E-state index in [4.69, 9.17) is 0 Å². The van der Waals surface area contributed by atoms with Crippen LogP contribution in [0.3, 0.4) is 0 Å². The molecule has 0 saturated heterocycles. The molecule has 1 aromatic carbocycles. The van der Waals surface area contributed by atoms with Crippen molar-refractivity contribution in [1.29, 1.82) is 0 Å². The van der Waals surface area contributed by atoms with E-state index in [0.29, 0.717) is 6.04 Å². The number of nitrogens with one attached hydrogen (secondary N) is 1. The van der Waals surface area contributed by atoms with Crippen LogP contribution >= 0.6 is 0 Å². The lowest BCUT2D eigenvalue weighted by atomic mass is 9.82. The summed E-state index contributed by atoms with van der Waals surface area (Å²) in [5.74, 6) is 0. The molecule has 0 radical (unpaired) electrons. The van der Waals surface area contributed by atoms with Crippen LogP contribution in [0.4, 0.5) is 0 Å². The summed E-state index contributed by atoms with van der Waals surface area (Å²) in [6, 6.07) is 10.9. The summed E-state index contributed by atoms with van der Waals surface area (Å²) in [5, 5.41) is 4.87. The highest BCUT2D eigenvalue weighted by molar-refractivity contribution is 5.78. The fraction of sp³-hybridized carbons (Fsp3) is 0.471. The Labute approximate surface area is 116 Å². The number of fused-ring (bicyclic) bond motifs is 1. The lowest BCUT2D eigenvalue weighted by Crippen LogP contribution is -2.32.